The van der Waals surface area contributed by atoms with Gasteiger partial charge in [0.05, 0.1) is 0 Å². The van der Waals surface area contributed by atoms with E-state index in [1.165, 1.54) is 10.5 Å². The Morgan fingerprint density at radius 1 is 1.32 bits per heavy atom. The standard InChI is InChI=1S/C14H12N4S/c15-10-12-14(17-6-5-16-12)18-7-3-11(4-8-18)13-2-1-9-19-13/h1-3,5-6,9H,4,7-8H2. The summed E-state index contributed by atoms with van der Waals surface area (Å²) in [7, 11) is 0. The monoisotopic (exact) mass is 268 g/mol. The smallest absolute Gasteiger partial charge is 0.183 e. The third kappa shape index (κ3) is 2.35. The van der Waals surface area contributed by atoms with E-state index < -0.39 is 0 Å². The zero-order valence-electron chi connectivity index (χ0n) is 10.3. The van der Waals surface area contributed by atoms with Crippen molar-refractivity contribution < 1.29 is 0 Å². The number of aromatic nitrogens is 2. The summed E-state index contributed by atoms with van der Waals surface area (Å²) in [5.74, 6) is 0.687. The van der Waals surface area contributed by atoms with Crippen LogP contribution in [0.25, 0.3) is 5.57 Å². The molecule has 0 saturated carbocycles. The number of nitriles is 1. The molecule has 3 rings (SSSR count). The lowest BCUT2D eigenvalue weighted by Crippen LogP contribution is -2.29. The highest BCUT2D eigenvalue weighted by Gasteiger charge is 2.17. The molecule has 4 nitrogen and oxygen atoms in total. The molecule has 0 bridgehead atoms. The van der Waals surface area contributed by atoms with Crippen molar-refractivity contribution in [2.45, 2.75) is 6.42 Å². The van der Waals surface area contributed by atoms with Crippen LogP contribution in [-0.2, 0) is 0 Å². The van der Waals surface area contributed by atoms with Gasteiger partial charge in [-0.05, 0) is 23.4 Å². The maximum Gasteiger partial charge on any atom is 0.183 e. The van der Waals surface area contributed by atoms with Gasteiger partial charge in [-0.1, -0.05) is 12.1 Å². The van der Waals surface area contributed by atoms with Crippen LogP contribution in [0.2, 0.25) is 0 Å². The van der Waals surface area contributed by atoms with Gasteiger partial charge < -0.3 is 4.90 Å². The summed E-state index contributed by atoms with van der Waals surface area (Å²) in [6, 6.07) is 6.32. The molecule has 0 aromatic carbocycles. The Bertz CT molecular complexity index is 640. The summed E-state index contributed by atoms with van der Waals surface area (Å²) in [6.07, 6.45) is 6.38. The van der Waals surface area contributed by atoms with Crippen molar-refractivity contribution in [2.75, 3.05) is 18.0 Å². The minimum absolute atomic E-state index is 0.399. The summed E-state index contributed by atoms with van der Waals surface area (Å²) < 4.78 is 0. The van der Waals surface area contributed by atoms with Crippen LogP contribution in [0.1, 0.15) is 17.0 Å². The second-order valence-electron chi connectivity index (χ2n) is 4.24. The molecule has 0 unspecified atom stereocenters. The van der Waals surface area contributed by atoms with E-state index in [0.717, 1.165) is 19.5 Å². The van der Waals surface area contributed by atoms with E-state index in [2.05, 4.69) is 44.5 Å². The Morgan fingerprint density at radius 3 is 2.89 bits per heavy atom. The van der Waals surface area contributed by atoms with Gasteiger partial charge in [-0.2, -0.15) is 5.26 Å². The van der Waals surface area contributed by atoms with Crippen LogP contribution in [0, 0.1) is 11.3 Å². The molecule has 1 aliphatic heterocycles. The first-order chi connectivity index (χ1) is 9.38. The molecule has 19 heavy (non-hydrogen) atoms. The summed E-state index contributed by atoms with van der Waals surface area (Å²) in [5.41, 5.74) is 1.78. The number of nitrogens with zero attached hydrogens (tertiary/aromatic N) is 4. The summed E-state index contributed by atoms with van der Waals surface area (Å²) in [5, 5.41) is 11.2. The van der Waals surface area contributed by atoms with Crippen LogP contribution in [0.4, 0.5) is 5.82 Å². The third-order valence-corrected chi connectivity index (χ3v) is 4.08. The average Bonchev–Trinajstić information content (AvgIpc) is 3.02. The predicted molar refractivity (Wildman–Crippen MR) is 75.9 cm³/mol. The number of rotatable bonds is 2. The van der Waals surface area contributed by atoms with Crippen LogP contribution in [0.15, 0.2) is 36.0 Å². The zero-order valence-corrected chi connectivity index (χ0v) is 11.1. The molecule has 5 heteroatoms. The van der Waals surface area contributed by atoms with Gasteiger partial charge in [0, 0.05) is 30.4 Å². The van der Waals surface area contributed by atoms with Gasteiger partial charge in [-0.25, -0.2) is 9.97 Å². The highest BCUT2D eigenvalue weighted by molar-refractivity contribution is 7.11. The maximum absolute atomic E-state index is 9.06. The van der Waals surface area contributed by atoms with Crippen molar-refractivity contribution in [1.82, 2.24) is 9.97 Å². The molecular formula is C14H12N4S. The van der Waals surface area contributed by atoms with E-state index in [9.17, 15) is 0 Å². The van der Waals surface area contributed by atoms with Crippen LogP contribution in [-0.4, -0.2) is 23.1 Å². The van der Waals surface area contributed by atoms with E-state index in [1.54, 1.807) is 23.7 Å². The molecule has 0 N–H and O–H groups in total. The van der Waals surface area contributed by atoms with Crippen molar-refractivity contribution in [1.29, 1.82) is 5.26 Å². The second kappa shape index (κ2) is 5.21. The number of anilines is 1. The van der Waals surface area contributed by atoms with Gasteiger partial charge in [0.15, 0.2) is 11.5 Å². The lowest BCUT2D eigenvalue weighted by Gasteiger charge is -2.27. The van der Waals surface area contributed by atoms with Gasteiger partial charge in [0.2, 0.25) is 0 Å². The van der Waals surface area contributed by atoms with Gasteiger partial charge >= 0.3 is 0 Å². The summed E-state index contributed by atoms with van der Waals surface area (Å²) in [6.45, 7) is 1.65. The van der Waals surface area contributed by atoms with E-state index in [4.69, 9.17) is 5.26 Å². The maximum atomic E-state index is 9.06. The minimum Gasteiger partial charge on any atom is -0.350 e. The Hall–Kier alpha value is -2.19. The molecule has 2 aromatic rings. The van der Waals surface area contributed by atoms with E-state index >= 15 is 0 Å². The first-order valence-electron chi connectivity index (χ1n) is 6.07. The Balaban J connectivity index is 1.82. The van der Waals surface area contributed by atoms with Crippen LogP contribution >= 0.6 is 11.3 Å². The molecule has 94 valence electrons. The normalized spacial score (nSPS) is 14.9. The van der Waals surface area contributed by atoms with Crippen LogP contribution in [0.3, 0.4) is 0 Å². The molecule has 3 heterocycles. The van der Waals surface area contributed by atoms with Crippen LogP contribution < -0.4 is 4.90 Å². The third-order valence-electron chi connectivity index (χ3n) is 3.13. The first kappa shape index (κ1) is 11.9. The molecule has 0 amide bonds. The van der Waals surface area contributed by atoms with Gasteiger partial charge in [0.1, 0.15) is 6.07 Å². The first-order valence-corrected chi connectivity index (χ1v) is 6.95. The fourth-order valence-corrected chi connectivity index (χ4v) is 2.99. The minimum atomic E-state index is 0.399. The number of thiophene rings is 1. The zero-order chi connectivity index (χ0) is 13.1. The highest BCUT2D eigenvalue weighted by atomic mass is 32.1. The Morgan fingerprint density at radius 2 is 2.21 bits per heavy atom. The van der Waals surface area contributed by atoms with Crippen molar-refractivity contribution >= 4 is 22.7 Å². The highest BCUT2D eigenvalue weighted by Crippen LogP contribution is 2.28. The summed E-state index contributed by atoms with van der Waals surface area (Å²) >= 11 is 1.77. The van der Waals surface area contributed by atoms with Crippen LogP contribution in [0.5, 0.6) is 0 Å². The molecule has 1 aliphatic rings. The topological polar surface area (TPSA) is 52.8 Å². The molecule has 0 spiro atoms. The van der Waals surface area contributed by atoms with Crippen molar-refractivity contribution in [3.8, 4) is 6.07 Å². The SMILES string of the molecule is N#Cc1nccnc1N1CC=C(c2cccs2)CC1. The Labute approximate surface area is 115 Å². The molecule has 0 saturated heterocycles. The van der Waals surface area contributed by atoms with Gasteiger partial charge in [-0.15, -0.1) is 11.3 Å². The van der Waals surface area contributed by atoms with E-state index in [1.807, 2.05) is 0 Å². The van der Waals surface area contributed by atoms with Gasteiger partial charge in [-0.3, -0.25) is 0 Å². The van der Waals surface area contributed by atoms with E-state index in [-0.39, 0.29) is 0 Å². The molecule has 0 aliphatic carbocycles. The molecule has 2 aromatic heterocycles. The largest absolute Gasteiger partial charge is 0.350 e. The fourth-order valence-electron chi connectivity index (χ4n) is 2.19. The van der Waals surface area contributed by atoms with Crippen molar-refractivity contribution in [3.05, 3.63) is 46.6 Å². The lowest BCUT2D eigenvalue weighted by atomic mass is 10.1. The average molecular weight is 268 g/mol. The second-order valence-corrected chi connectivity index (χ2v) is 5.19. The molecule has 0 radical (unpaired) electrons. The van der Waals surface area contributed by atoms with Crippen molar-refractivity contribution in [3.63, 3.8) is 0 Å². The van der Waals surface area contributed by atoms with Gasteiger partial charge in [0.25, 0.3) is 0 Å². The van der Waals surface area contributed by atoms with E-state index in [0.29, 0.717) is 11.5 Å². The Kier molecular flexibility index (Phi) is 3.25. The summed E-state index contributed by atoms with van der Waals surface area (Å²) in [4.78, 5) is 11.8. The van der Waals surface area contributed by atoms with Crippen molar-refractivity contribution in [2.24, 2.45) is 0 Å². The lowest BCUT2D eigenvalue weighted by molar-refractivity contribution is 0.810. The quantitative estimate of drug-likeness (QED) is 0.840. The number of hydrogen-bond donors (Lipinski definition) is 0. The molecular weight excluding hydrogens is 256 g/mol. The predicted octanol–water partition coefficient (Wildman–Crippen LogP) is 2.70. The number of hydrogen-bond acceptors (Lipinski definition) is 5. The molecule has 0 atom stereocenters. The molecule has 0 fully saturated rings. The fraction of sp³-hybridized carbons (Fsp3) is 0.214.